The molecule has 1 saturated heterocycles. The smallest absolute Gasteiger partial charge is 0.257 e. The van der Waals surface area contributed by atoms with Crippen molar-refractivity contribution in [3.63, 3.8) is 0 Å². The molecule has 0 bridgehead atoms. The summed E-state index contributed by atoms with van der Waals surface area (Å²) in [6.07, 6.45) is 0.359. The summed E-state index contributed by atoms with van der Waals surface area (Å²) in [4.78, 5) is 29.3. The number of nitrogens with zero attached hydrogens (tertiary/aromatic N) is 2. The van der Waals surface area contributed by atoms with Crippen molar-refractivity contribution >= 4 is 17.5 Å². The molecule has 146 valence electrons. The second-order valence-corrected chi connectivity index (χ2v) is 7.86. The molecule has 4 aliphatic rings. The van der Waals surface area contributed by atoms with Crippen LogP contribution in [-0.2, 0) is 16.9 Å². The Morgan fingerprint density at radius 1 is 1.14 bits per heavy atom. The van der Waals surface area contributed by atoms with Crippen LogP contribution in [0.25, 0.3) is 5.70 Å². The van der Waals surface area contributed by atoms with Crippen LogP contribution < -0.4 is 9.47 Å². The second kappa shape index (κ2) is 5.18. The largest absolute Gasteiger partial charge is 0.454 e. The Morgan fingerprint density at radius 2 is 1.86 bits per heavy atom. The van der Waals surface area contributed by atoms with Crippen LogP contribution >= 0.6 is 0 Å². The van der Waals surface area contributed by atoms with Crippen molar-refractivity contribution < 1.29 is 24.2 Å². The van der Waals surface area contributed by atoms with Gasteiger partial charge in [0.05, 0.1) is 6.04 Å². The fourth-order valence-corrected chi connectivity index (χ4v) is 5.18. The zero-order valence-corrected chi connectivity index (χ0v) is 15.7. The van der Waals surface area contributed by atoms with Gasteiger partial charge in [-0.2, -0.15) is 0 Å². The maximum absolute atomic E-state index is 13.3. The molecule has 0 aliphatic carbocycles. The van der Waals surface area contributed by atoms with E-state index in [0.717, 1.165) is 11.1 Å². The van der Waals surface area contributed by atoms with Gasteiger partial charge < -0.3 is 19.5 Å². The summed E-state index contributed by atoms with van der Waals surface area (Å²) in [7, 11) is 0. The van der Waals surface area contributed by atoms with Gasteiger partial charge in [-0.3, -0.25) is 14.5 Å². The molecule has 2 aromatic rings. The molecule has 2 amide bonds. The number of benzene rings is 2. The van der Waals surface area contributed by atoms with E-state index in [2.05, 4.69) is 6.58 Å². The van der Waals surface area contributed by atoms with Crippen molar-refractivity contribution in [1.82, 2.24) is 9.80 Å². The highest BCUT2D eigenvalue weighted by Crippen LogP contribution is 2.51. The summed E-state index contributed by atoms with van der Waals surface area (Å²) >= 11 is 0. The van der Waals surface area contributed by atoms with Gasteiger partial charge >= 0.3 is 0 Å². The lowest BCUT2D eigenvalue weighted by Crippen LogP contribution is -2.70. The molecule has 29 heavy (non-hydrogen) atoms. The minimum Gasteiger partial charge on any atom is -0.454 e. The number of piperazine rings is 1. The zero-order valence-electron chi connectivity index (χ0n) is 15.7. The molecule has 7 heteroatoms. The van der Waals surface area contributed by atoms with Gasteiger partial charge in [-0.1, -0.05) is 24.8 Å². The molecule has 6 rings (SSSR count). The standard InChI is InChI=1S/C22H18N2O5/c1-11-15-9-18-17(28-10-29-18)7-13(15)8-19-22(27)16-6-4-3-5-14(16)21(26)24(22)12(2)20(25)23(11)19/h3-7,9,12,19,27H,1,8,10H2,2H3. The number of carbonyl (C=O) groups is 2. The topological polar surface area (TPSA) is 79.3 Å². The predicted octanol–water partition coefficient (Wildman–Crippen LogP) is 1.84. The minimum absolute atomic E-state index is 0.146. The molecule has 3 unspecified atom stereocenters. The first kappa shape index (κ1) is 16.6. The lowest BCUT2D eigenvalue weighted by atomic mass is 9.80. The van der Waals surface area contributed by atoms with Crippen molar-refractivity contribution in [2.24, 2.45) is 0 Å². The van der Waals surface area contributed by atoms with E-state index in [4.69, 9.17) is 9.47 Å². The first-order chi connectivity index (χ1) is 13.9. The summed E-state index contributed by atoms with van der Waals surface area (Å²) in [5, 5.41) is 12.0. The summed E-state index contributed by atoms with van der Waals surface area (Å²) in [5.41, 5.74) is 1.51. The van der Waals surface area contributed by atoms with E-state index in [-0.39, 0.29) is 18.6 Å². The Labute approximate surface area is 166 Å². The molecule has 4 heterocycles. The molecule has 3 atom stereocenters. The van der Waals surface area contributed by atoms with E-state index in [1.54, 1.807) is 36.1 Å². The number of carbonyl (C=O) groups excluding carboxylic acids is 2. The van der Waals surface area contributed by atoms with Gasteiger partial charge in [0.25, 0.3) is 5.91 Å². The van der Waals surface area contributed by atoms with E-state index in [0.29, 0.717) is 34.7 Å². The fraction of sp³-hybridized carbons (Fsp3) is 0.273. The van der Waals surface area contributed by atoms with E-state index in [9.17, 15) is 14.7 Å². The molecule has 0 spiro atoms. The van der Waals surface area contributed by atoms with Crippen LogP contribution in [-0.4, -0.2) is 45.6 Å². The maximum atomic E-state index is 13.3. The third kappa shape index (κ3) is 1.81. The maximum Gasteiger partial charge on any atom is 0.257 e. The van der Waals surface area contributed by atoms with Gasteiger partial charge in [-0.25, -0.2) is 0 Å². The molecule has 2 aromatic carbocycles. The molecule has 1 fully saturated rings. The molecule has 0 aromatic heterocycles. The molecular weight excluding hydrogens is 372 g/mol. The van der Waals surface area contributed by atoms with Crippen LogP contribution in [0.3, 0.4) is 0 Å². The van der Waals surface area contributed by atoms with Gasteiger partial charge in [-0.15, -0.1) is 0 Å². The number of ether oxygens (including phenoxy) is 2. The molecule has 0 saturated carbocycles. The Bertz CT molecular complexity index is 1140. The van der Waals surface area contributed by atoms with Crippen LogP contribution in [0.15, 0.2) is 43.0 Å². The van der Waals surface area contributed by atoms with E-state index < -0.39 is 17.8 Å². The average molecular weight is 390 g/mol. The van der Waals surface area contributed by atoms with Crippen LogP contribution in [0, 0.1) is 0 Å². The predicted molar refractivity (Wildman–Crippen MR) is 102 cm³/mol. The first-order valence-corrected chi connectivity index (χ1v) is 9.53. The highest BCUT2D eigenvalue weighted by molar-refractivity contribution is 6.05. The van der Waals surface area contributed by atoms with Crippen molar-refractivity contribution in [2.75, 3.05) is 6.79 Å². The van der Waals surface area contributed by atoms with Crippen molar-refractivity contribution in [3.8, 4) is 11.5 Å². The highest BCUT2D eigenvalue weighted by Gasteiger charge is 2.63. The van der Waals surface area contributed by atoms with Crippen molar-refractivity contribution in [2.45, 2.75) is 31.2 Å². The molecular formula is C22H18N2O5. The zero-order chi connectivity index (χ0) is 20.1. The Hall–Kier alpha value is -3.32. The fourth-order valence-electron chi connectivity index (χ4n) is 5.18. The van der Waals surface area contributed by atoms with Gasteiger partial charge in [0.2, 0.25) is 12.7 Å². The average Bonchev–Trinajstić information content (AvgIpc) is 3.26. The lowest BCUT2D eigenvalue weighted by molar-refractivity contribution is -0.189. The SMILES string of the molecule is C=C1c2cc3c(cc2CC2N1C(=O)C(C)N1C(=O)c4ccccc4C21O)OCO3. The Morgan fingerprint density at radius 3 is 2.66 bits per heavy atom. The van der Waals surface area contributed by atoms with Gasteiger partial charge in [0.15, 0.2) is 17.2 Å². The molecule has 4 aliphatic heterocycles. The number of hydrogen-bond donors (Lipinski definition) is 1. The summed E-state index contributed by atoms with van der Waals surface area (Å²) < 4.78 is 11.0. The van der Waals surface area contributed by atoms with Crippen molar-refractivity contribution in [1.29, 1.82) is 0 Å². The number of fused-ring (bicyclic) bond motifs is 7. The number of amides is 2. The summed E-state index contributed by atoms with van der Waals surface area (Å²) in [6, 6.07) is 9.21. The third-order valence-corrected chi connectivity index (χ3v) is 6.51. The van der Waals surface area contributed by atoms with E-state index >= 15 is 0 Å². The minimum atomic E-state index is -1.63. The van der Waals surface area contributed by atoms with E-state index in [1.165, 1.54) is 4.90 Å². The van der Waals surface area contributed by atoms with E-state index in [1.807, 2.05) is 12.1 Å². The van der Waals surface area contributed by atoms with Crippen LogP contribution in [0.5, 0.6) is 11.5 Å². The number of rotatable bonds is 0. The van der Waals surface area contributed by atoms with Gasteiger partial charge in [0, 0.05) is 22.4 Å². The molecule has 7 nitrogen and oxygen atoms in total. The number of aliphatic hydroxyl groups is 1. The Kier molecular flexibility index (Phi) is 2.97. The van der Waals surface area contributed by atoms with Crippen LogP contribution in [0.4, 0.5) is 0 Å². The van der Waals surface area contributed by atoms with Crippen LogP contribution in [0.2, 0.25) is 0 Å². The summed E-state index contributed by atoms with van der Waals surface area (Å²) in [6.45, 7) is 5.96. The lowest BCUT2D eigenvalue weighted by Gasteiger charge is -2.54. The quantitative estimate of drug-likeness (QED) is 0.743. The summed E-state index contributed by atoms with van der Waals surface area (Å²) in [5.74, 6) is 0.662. The third-order valence-electron chi connectivity index (χ3n) is 6.51. The molecule has 1 N–H and O–H groups in total. The highest BCUT2D eigenvalue weighted by atomic mass is 16.7. The first-order valence-electron chi connectivity index (χ1n) is 9.53. The van der Waals surface area contributed by atoms with Crippen LogP contribution in [0.1, 0.15) is 34.0 Å². The monoisotopic (exact) mass is 390 g/mol. The number of hydrogen-bond acceptors (Lipinski definition) is 5. The normalized spacial score (nSPS) is 28.8. The molecule has 0 radical (unpaired) electrons. The van der Waals surface area contributed by atoms with Crippen molar-refractivity contribution in [3.05, 3.63) is 65.2 Å². The van der Waals surface area contributed by atoms with Gasteiger partial charge in [0.1, 0.15) is 6.04 Å². The second-order valence-electron chi connectivity index (χ2n) is 7.86. The van der Waals surface area contributed by atoms with Gasteiger partial charge in [-0.05, 0) is 37.1 Å². The Balaban J connectivity index is 1.58.